The van der Waals surface area contributed by atoms with Gasteiger partial charge in [-0.1, -0.05) is 6.07 Å². The van der Waals surface area contributed by atoms with Crippen LogP contribution in [0.25, 0.3) is 5.52 Å². The molecule has 2 aromatic rings. The van der Waals surface area contributed by atoms with Crippen LogP contribution in [0.5, 0.6) is 0 Å². The standard InChI is InChI=1S/C13H16N2O/c16-12-6-4-10(5-7-12)13-14-9-11-3-1-2-8-15(11)13/h1-3,8-10,12,16H,4-7H2. The highest BCUT2D eigenvalue weighted by Crippen LogP contribution is 2.32. The van der Waals surface area contributed by atoms with E-state index in [-0.39, 0.29) is 6.10 Å². The van der Waals surface area contributed by atoms with E-state index in [2.05, 4.69) is 21.6 Å². The third-order valence-corrected chi connectivity index (χ3v) is 3.53. The van der Waals surface area contributed by atoms with Crippen LogP contribution in [0, 0.1) is 0 Å². The topological polar surface area (TPSA) is 37.5 Å². The Kier molecular flexibility index (Phi) is 2.40. The third-order valence-electron chi connectivity index (χ3n) is 3.53. The van der Waals surface area contributed by atoms with E-state index in [1.807, 2.05) is 18.3 Å². The molecule has 0 atom stereocenters. The molecule has 1 N–H and O–H groups in total. The molecule has 2 aromatic heterocycles. The molecular weight excluding hydrogens is 200 g/mol. The van der Waals surface area contributed by atoms with E-state index in [1.165, 1.54) is 0 Å². The van der Waals surface area contributed by atoms with Gasteiger partial charge in [-0.2, -0.15) is 0 Å². The van der Waals surface area contributed by atoms with Gasteiger partial charge >= 0.3 is 0 Å². The van der Waals surface area contributed by atoms with Crippen molar-refractivity contribution >= 4 is 5.52 Å². The summed E-state index contributed by atoms with van der Waals surface area (Å²) < 4.78 is 2.17. The normalized spacial score (nSPS) is 26.1. The summed E-state index contributed by atoms with van der Waals surface area (Å²) in [5.74, 6) is 1.66. The number of hydrogen-bond donors (Lipinski definition) is 1. The van der Waals surface area contributed by atoms with Gasteiger partial charge in [-0.15, -0.1) is 0 Å². The number of rotatable bonds is 1. The van der Waals surface area contributed by atoms with Gasteiger partial charge in [-0.05, 0) is 37.8 Å². The van der Waals surface area contributed by atoms with Crippen LogP contribution in [-0.2, 0) is 0 Å². The molecule has 0 bridgehead atoms. The van der Waals surface area contributed by atoms with E-state index in [0.29, 0.717) is 5.92 Å². The van der Waals surface area contributed by atoms with Gasteiger partial charge in [-0.25, -0.2) is 4.98 Å². The van der Waals surface area contributed by atoms with Gasteiger partial charge < -0.3 is 9.51 Å². The summed E-state index contributed by atoms with van der Waals surface area (Å²) in [5.41, 5.74) is 1.16. The van der Waals surface area contributed by atoms with Gasteiger partial charge in [0.05, 0.1) is 17.8 Å². The molecule has 0 amide bonds. The molecule has 1 aliphatic rings. The fraction of sp³-hybridized carbons (Fsp3) is 0.462. The molecular formula is C13H16N2O. The minimum absolute atomic E-state index is 0.0949. The van der Waals surface area contributed by atoms with Crippen LogP contribution in [0.2, 0.25) is 0 Å². The molecule has 0 radical (unpaired) electrons. The molecule has 0 aliphatic heterocycles. The van der Waals surface area contributed by atoms with Crippen molar-refractivity contribution in [2.75, 3.05) is 0 Å². The molecule has 3 rings (SSSR count). The van der Waals surface area contributed by atoms with Crippen molar-refractivity contribution in [2.24, 2.45) is 0 Å². The van der Waals surface area contributed by atoms with E-state index in [9.17, 15) is 5.11 Å². The summed E-state index contributed by atoms with van der Waals surface area (Å²) in [4.78, 5) is 4.53. The fourth-order valence-electron chi connectivity index (χ4n) is 2.60. The maximum absolute atomic E-state index is 9.51. The maximum Gasteiger partial charge on any atom is 0.116 e. The monoisotopic (exact) mass is 216 g/mol. The van der Waals surface area contributed by atoms with Crippen LogP contribution < -0.4 is 0 Å². The first-order valence-corrected chi connectivity index (χ1v) is 5.94. The molecule has 0 saturated heterocycles. The molecule has 1 fully saturated rings. The van der Waals surface area contributed by atoms with Gasteiger partial charge in [0.1, 0.15) is 5.82 Å². The minimum Gasteiger partial charge on any atom is -0.393 e. The maximum atomic E-state index is 9.51. The van der Waals surface area contributed by atoms with Crippen molar-refractivity contribution in [1.29, 1.82) is 0 Å². The molecule has 1 saturated carbocycles. The Labute approximate surface area is 94.7 Å². The Hall–Kier alpha value is -1.35. The first-order chi connectivity index (χ1) is 7.84. The lowest BCUT2D eigenvalue weighted by atomic mass is 9.87. The number of hydrogen-bond acceptors (Lipinski definition) is 2. The first-order valence-electron chi connectivity index (χ1n) is 5.94. The van der Waals surface area contributed by atoms with Crippen molar-refractivity contribution in [3.8, 4) is 0 Å². The smallest absolute Gasteiger partial charge is 0.116 e. The first kappa shape index (κ1) is 9.85. The average Bonchev–Trinajstić information content (AvgIpc) is 2.74. The van der Waals surface area contributed by atoms with E-state index in [1.54, 1.807) is 0 Å². The molecule has 3 nitrogen and oxygen atoms in total. The zero-order chi connectivity index (χ0) is 11.0. The van der Waals surface area contributed by atoms with Gasteiger partial charge in [0.2, 0.25) is 0 Å². The van der Waals surface area contributed by atoms with Gasteiger partial charge in [0.15, 0.2) is 0 Å². The van der Waals surface area contributed by atoms with Crippen LogP contribution in [0.15, 0.2) is 30.6 Å². The van der Waals surface area contributed by atoms with Crippen LogP contribution in [0.4, 0.5) is 0 Å². The minimum atomic E-state index is -0.0949. The summed E-state index contributed by atoms with van der Waals surface area (Å²) >= 11 is 0. The average molecular weight is 216 g/mol. The molecule has 0 unspecified atom stereocenters. The summed E-state index contributed by atoms with van der Waals surface area (Å²) in [5, 5.41) is 9.51. The summed E-state index contributed by atoms with van der Waals surface area (Å²) in [7, 11) is 0. The molecule has 3 heteroatoms. The highest BCUT2D eigenvalue weighted by Gasteiger charge is 2.23. The van der Waals surface area contributed by atoms with E-state index in [0.717, 1.165) is 37.0 Å². The lowest BCUT2D eigenvalue weighted by molar-refractivity contribution is 0.121. The second-order valence-electron chi connectivity index (χ2n) is 4.62. The SMILES string of the molecule is OC1CCC(c2ncc3ccccn23)CC1. The van der Waals surface area contributed by atoms with Crippen molar-refractivity contribution in [1.82, 2.24) is 9.38 Å². The Morgan fingerprint density at radius 3 is 2.81 bits per heavy atom. The van der Waals surface area contributed by atoms with Crippen molar-refractivity contribution in [2.45, 2.75) is 37.7 Å². The van der Waals surface area contributed by atoms with Gasteiger partial charge in [0.25, 0.3) is 0 Å². The molecule has 0 spiro atoms. The number of aliphatic hydroxyl groups excluding tert-OH is 1. The number of fused-ring (bicyclic) bond motifs is 1. The van der Waals surface area contributed by atoms with Crippen LogP contribution in [0.3, 0.4) is 0 Å². The van der Waals surface area contributed by atoms with E-state index in [4.69, 9.17) is 0 Å². The fourth-order valence-corrected chi connectivity index (χ4v) is 2.60. The summed E-state index contributed by atoms with van der Waals surface area (Å²) in [6.07, 6.45) is 7.83. The van der Waals surface area contributed by atoms with E-state index >= 15 is 0 Å². The number of nitrogens with zero attached hydrogens (tertiary/aromatic N) is 2. The highest BCUT2D eigenvalue weighted by molar-refractivity contribution is 5.45. The summed E-state index contributed by atoms with van der Waals surface area (Å²) in [6, 6.07) is 6.15. The molecule has 1 aliphatic carbocycles. The van der Waals surface area contributed by atoms with Crippen LogP contribution in [0.1, 0.15) is 37.4 Å². The lowest BCUT2D eigenvalue weighted by Gasteiger charge is -2.24. The Balaban J connectivity index is 1.94. The number of aromatic nitrogens is 2. The zero-order valence-electron chi connectivity index (χ0n) is 9.21. The second-order valence-corrected chi connectivity index (χ2v) is 4.62. The largest absolute Gasteiger partial charge is 0.393 e. The predicted molar refractivity (Wildman–Crippen MR) is 62.4 cm³/mol. The van der Waals surface area contributed by atoms with Crippen molar-refractivity contribution in [3.63, 3.8) is 0 Å². The number of pyridine rings is 1. The molecule has 2 heterocycles. The number of aliphatic hydroxyl groups is 1. The predicted octanol–water partition coefficient (Wildman–Crippen LogP) is 2.35. The van der Waals surface area contributed by atoms with Gasteiger partial charge in [0, 0.05) is 12.1 Å². The number of imidazole rings is 1. The van der Waals surface area contributed by atoms with Crippen molar-refractivity contribution in [3.05, 3.63) is 36.4 Å². The summed E-state index contributed by atoms with van der Waals surface area (Å²) in [6.45, 7) is 0. The van der Waals surface area contributed by atoms with E-state index < -0.39 is 0 Å². The zero-order valence-corrected chi connectivity index (χ0v) is 9.21. The Morgan fingerprint density at radius 2 is 2.00 bits per heavy atom. The second kappa shape index (κ2) is 3.91. The lowest BCUT2D eigenvalue weighted by Crippen LogP contribution is -2.18. The van der Waals surface area contributed by atoms with Crippen LogP contribution in [-0.4, -0.2) is 20.6 Å². The van der Waals surface area contributed by atoms with Crippen molar-refractivity contribution < 1.29 is 5.11 Å². The third kappa shape index (κ3) is 1.61. The highest BCUT2D eigenvalue weighted by atomic mass is 16.3. The molecule has 16 heavy (non-hydrogen) atoms. The van der Waals surface area contributed by atoms with Crippen LogP contribution >= 0.6 is 0 Å². The Bertz CT molecular complexity index is 483. The quantitative estimate of drug-likeness (QED) is 0.794. The Morgan fingerprint density at radius 1 is 1.19 bits per heavy atom. The van der Waals surface area contributed by atoms with Gasteiger partial charge in [-0.3, -0.25) is 0 Å². The molecule has 84 valence electrons. The molecule has 0 aromatic carbocycles.